The summed E-state index contributed by atoms with van der Waals surface area (Å²) in [5, 5.41) is 14.3. The van der Waals surface area contributed by atoms with Crippen molar-refractivity contribution in [2.45, 2.75) is 38.5 Å². The topological polar surface area (TPSA) is 74.9 Å². The van der Waals surface area contributed by atoms with Gasteiger partial charge in [-0.25, -0.2) is 0 Å². The third-order valence-electron chi connectivity index (χ3n) is 4.21. The van der Waals surface area contributed by atoms with Crippen molar-refractivity contribution in [2.24, 2.45) is 0 Å². The highest BCUT2D eigenvalue weighted by molar-refractivity contribution is 4.95. The number of aliphatic hydroxyl groups is 1. The van der Waals surface area contributed by atoms with Crippen LogP contribution in [0.3, 0.4) is 0 Å². The van der Waals surface area contributed by atoms with Gasteiger partial charge in [-0.1, -0.05) is 19.0 Å². The maximum atomic E-state index is 10.3. The van der Waals surface area contributed by atoms with Crippen molar-refractivity contribution in [3.63, 3.8) is 0 Å². The molecular formula is C14H24N4O3. The Balaban J connectivity index is 1.57. The normalized spacial score (nSPS) is 28.6. The lowest BCUT2D eigenvalue weighted by Crippen LogP contribution is -2.48. The molecule has 7 nitrogen and oxygen atoms in total. The Morgan fingerprint density at radius 2 is 2.05 bits per heavy atom. The van der Waals surface area contributed by atoms with Gasteiger partial charge in [0.1, 0.15) is 0 Å². The zero-order valence-electron chi connectivity index (χ0n) is 12.7. The van der Waals surface area contributed by atoms with Gasteiger partial charge < -0.3 is 14.4 Å². The molecule has 2 fully saturated rings. The van der Waals surface area contributed by atoms with E-state index in [-0.39, 0.29) is 18.1 Å². The van der Waals surface area contributed by atoms with Crippen LogP contribution in [0.5, 0.6) is 0 Å². The number of β-amino-alcohol motifs (C(OH)–C–C–N with tert-alkyl or cyclic N) is 1. The van der Waals surface area contributed by atoms with Crippen LogP contribution in [0.1, 0.15) is 31.5 Å². The number of likely N-dealkylation sites (tertiary alicyclic amines) is 1. The SMILES string of the molecule is CC(C)c1noc(CN2C[C@H](O)[C@@H](N3CCOCC3)C2)n1. The van der Waals surface area contributed by atoms with Gasteiger partial charge in [-0.3, -0.25) is 9.80 Å². The lowest BCUT2D eigenvalue weighted by molar-refractivity contribution is -0.00620. The Bertz CT molecular complexity index is 459. The highest BCUT2D eigenvalue weighted by atomic mass is 16.5. The minimum absolute atomic E-state index is 0.182. The second-order valence-electron chi connectivity index (χ2n) is 6.18. The predicted molar refractivity (Wildman–Crippen MR) is 75.9 cm³/mol. The van der Waals surface area contributed by atoms with Gasteiger partial charge in [0.15, 0.2) is 5.82 Å². The van der Waals surface area contributed by atoms with Crippen LogP contribution in [0.25, 0.3) is 0 Å². The molecule has 0 radical (unpaired) electrons. The molecule has 0 bridgehead atoms. The van der Waals surface area contributed by atoms with E-state index < -0.39 is 0 Å². The minimum Gasteiger partial charge on any atom is -0.390 e. The standard InChI is InChI=1S/C14H24N4O3/c1-10(2)14-15-13(21-16-14)9-17-7-11(12(19)8-17)18-3-5-20-6-4-18/h10-12,19H,3-9H2,1-2H3/t11-,12-/m0/s1. The maximum absolute atomic E-state index is 10.3. The van der Waals surface area contributed by atoms with Gasteiger partial charge in [0.05, 0.1) is 25.9 Å². The van der Waals surface area contributed by atoms with Crippen LogP contribution in [0.4, 0.5) is 0 Å². The molecule has 1 aromatic rings. The average Bonchev–Trinajstić information content (AvgIpc) is 3.07. The number of morpholine rings is 1. The zero-order chi connectivity index (χ0) is 14.8. The van der Waals surface area contributed by atoms with E-state index in [2.05, 4.69) is 19.9 Å². The molecule has 2 aliphatic rings. The zero-order valence-corrected chi connectivity index (χ0v) is 12.7. The van der Waals surface area contributed by atoms with Crippen molar-refractivity contribution < 1.29 is 14.4 Å². The predicted octanol–water partition coefficient (Wildman–Crippen LogP) is 0.0703. The van der Waals surface area contributed by atoms with Crippen molar-refractivity contribution in [1.82, 2.24) is 19.9 Å². The van der Waals surface area contributed by atoms with Crippen LogP contribution in [-0.4, -0.2) is 76.6 Å². The van der Waals surface area contributed by atoms with Crippen molar-refractivity contribution in [3.8, 4) is 0 Å². The number of ether oxygens (including phenoxy) is 1. The molecule has 0 unspecified atom stereocenters. The Morgan fingerprint density at radius 1 is 1.29 bits per heavy atom. The van der Waals surface area contributed by atoms with Crippen molar-refractivity contribution in [3.05, 3.63) is 11.7 Å². The summed E-state index contributed by atoms with van der Waals surface area (Å²) in [6.07, 6.45) is -0.324. The summed E-state index contributed by atoms with van der Waals surface area (Å²) in [5.41, 5.74) is 0. The summed E-state index contributed by atoms with van der Waals surface area (Å²) in [6, 6.07) is 0.182. The largest absolute Gasteiger partial charge is 0.390 e. The number of aliphatic hydroxyl groups excluding tert-OH is 1. The second kappa shape index (κ2) is 6.39. The van der Waals surface area contributed by atoms with Gasteiger partial charge in [0.2, 0.25) is 5.89 Å². The Labute approximate surface area is 124 Å². The van der Waals surface area contributed by atoms with E-state index in [9.17, 15) is 5.11 Å². The number of hydrogen-bond acceptors (Lipinski definition) is 7. The lowest BCUT2D eigenvalue weighted by Gasteiger charge is -2.33. The third-order valence-corrected chi connectivity index (χ3v) is 4.21. The molecule has 2 aliphatic heterocycles. The highest BCUT2D eigenvalue weighted by Crippen LogP contribution is 2.20. The van der Waals surface area contributed by atoms with Crippen LogP contribution < -0.4 is 0 Å². The molecule has 3 heterocycles. The quantitative estimate of drug-likeness (QED) is 0.842. The fraction of sp³-hybridized carbons (Fsp3) is 0.857. The van der Waals surface area contributed by atoms with E-state index in [0.717, 1.165) is 38.7 Å². The third kappa shape index (κ3) is 3.42. The van der Waals surface area contributed by atoms with Crippen LogP contribution in [0, 0.1) is 0 Å². The summed E-state index contributed by atoms with van der Waals surface area (Å²) in [6.45, 7) is 9.49. The van der Waals surface area contributed by atoms with Crippen molar-refractivity contribution in [1.29, 1.82) is 0 Å². The molecule has 21 heavy (non-hydrogen) atoms. The molecule has 1 aromatic heterocycles. The van der Waals surface area contributed by atoms with Crippen molar-refractivity contribution in [2.75, 3.05) is 39.4 Å². The van der Waals surface area contributed by atoms with Gasteiger partial charge in [0.25, 0.3) is 0 Å². The summed E-state index contributed by atoms with van der Waals surface area (Å²) in [4.78, 5) is 8.91. The Hall–Kier alpha value is -1.02. The molecule has 0 aromatic carbocycles. The fourth-order valence-electron chi connectivity index (χ4n) is 3.00. The van der Waals surface area contributed by atoms with Gasteiger partial charge in [-0.05, 0) is 0 Å². The van der Waals surface area contributed by atoms with E-state index in [1.165, 1.54) is 0 Å². The summed E-state index contributed by atoms with van der Waals surface area (Å²) < 4.78 is 10.7. The molecule has 2 atom stereocenters. The van der Waals surface area contributed by atoms with Gasteiger partial charge >= 0.3 is 0 Å². The van der Waals surface area contributed by atoms with Crippen LogP contribution in [0.15, 0.2) is 4.52 Å². The number of aromatic nitrogens is 2. The van der Waals surface area contributed by atoms with E-state index in [1.54, 1.807) is 0 Å². The van der Waals surface area contributed by atoms with Crippen molar-refractivity contribution >= 4 is 0 Å². The second-order valence-corrected chi connectivity index (χ2v) is 6.18. The fourth-order valence-corrected chi connectivity index (χ4v) is 3.00. The van der Waals surface area contributed by atoms with Gasteiger partial charge in [-0.15, -0.1) is 0 Å². The first-order valence-electron chi connectivity index (χ1n) is 7.68. The van der Waals surface area contributed by atoms with E-state index in [4.69, 9.17) is 9.26 Å². The summed E-state index contributed by atoms with van der Waals surface area (Å²) in [5.74, 6) is 1.65. The summed E-state index contributed by atoms with van der Waals surface area (Å²) >= 11 is 0. The number of hydrogen-bond donors (Lipinski definition) is 1. The molecular weight excluding hydrogens is 272 g/mol. The number of nitrogens with zero attached hydrogens (tertiary/aromatic N) is 4. The molecule has 0 saturated carbocycles. The summed E-state index contributed by atoms with van der Waals surface area (Å²) in [7, 11) is 0. The molecule has 118 valence electrons. The first-order valence-corrected chi connectivity index (χ1v) is 7.68. The van der Waals surface area contributed by atoms with E-state index in [1.807, 2.05) is 13.8 Å². The first-order chi connectivity index (χ1) is 10.1. The van der Waals surface area contributed by atoms with Crippen LogP contribution in [-0.2, 0) is 11.3 Å². The Kier molecular flexibility index (Phi) is 4.54. The van der Waals surface area contributed by atoms with Crippen LogP contribution in [0.2, 0.25) is 0 Å². The van der Waals surface area contributed by atoms with Gasteiger partial charge in [-0.2, -0.15) is 4.98 Å². The molecule has 0 spiro atoms. The highest BCUT2D eigenvalue weighted by Gasteiger charge is 2.36. The molecule has 0 amide bonds. The van der Waals surface area contributed by atoms with E-state index in [0.29, 0.717) is 19.0 Å². The smallest absolute Gasteiger partial charge is 0.240 e. The average molecular weight is 296 g/mol. The monoisotopic (exact) mass is 296 g/mol. The lowest BCUT2D eigenvalue weighted by atomic mass is 10.2. The number of rotatable bonds is 4. The minimum atomic E-state index is -0.324. The van der Waals surface area contributed by atoms with E-state index >= 15 is 0 Å². The molecule has 3 rings (SSSR count). The molecule has 7 heteroatoms. The maximum Gasteiger partial charge on any atom is 0.240 e. The molecule has 2 saturated heterocycles. The molecule has 1 N–H and O–H groups in total. The first kappa shape index (κ1) is 14.9. The molecule has 0 aliphatic carbocycles. The Morgan fingerprint density at radius 3 is 2.71 bits per heavy atom. The van der Waals surface area contributed by atoms with Gasteiger partial charge in [0, 0.05) is 38.1 Å². The van der Waals surface area contributed by atoms with Crippen LogP contribution >= 0.6 is 0 Å².